The van der Waals surface area contributed by atoms with E-state index in [-0.39, 0.29) is 0 Å². The first kappa shape index (κ1) is 10.9. The molecule has 82 valence electrons. The van der Waals surface area contributed by atoms with Crippen LogP contribution in [0.25, 0.3) is 0 Å². The Morgan fingerprint density at radius 2 is 2.20 bits per heavy atom. The molecule has 2 rings (SSSR count). The maximum Gasteiger partial charge on any atom is 0.0409 e. The summed E-state index contributed by atoms with van der Waals surface area (Å²) in [6.07, 6.45) is 1.10. The molecule has 0 aliphatic carbocycles. The minimum atomic E-state index is 0.564. The molecule has 1 N–H and O–H groups in total. The highest BCUT2D eigenvalue weighted by molar-refractivity contribution is 6.30. The summed E-state index contributed by atoms with van der Waals surface area (Å²) in [5, 5.41) is 4.37. The summed E-state index contributed by atoms with van der Waals surface area (Å²) in [5.74, 6) is 0. The van der Waals surface area contributed by atoms with Gasteiger partial charge in [0.05, 0.1) is 0 Å². The van der Waals surface area contributed by atoms with Gasteiger partial charge < -0.3 is 10.2 Å². The van der Waals surface area contributed by atoms with Gasteiger partial charge in [-0.1, -0.05) is 17.7 Å². The third kappa shape index (κ3) is 2.71. The maximum atomic E-state index is 5.96. The highest BCUT2D eigenvalue weighted by Crippen LogP contribution is 2.21. The highest BCUT2D eigenvalue weighted by Gasteiger charge is 2.18. The Morgan fingerprint density at radius 1 is 1.40 bits per heavy atom. The number of hydrogen-bond donors (Lipinski definition) is 1. The van der Waals surface area contributed by atoms with Gasteiger partial charge in [0.25, 0.3) is 0 Å². The van der Waals surface area contributed by atoms with E-state index < -0.39 is 0 Å². The molecule has 0 fully saturated rings. The maximum absolute atomic E-state index is 5.96. The quantitative estimate of drug-likeness (QED) is 0.826. The Morgan fingerprint density at radius 3 is 2.93 bits per heavy atom. The van der Waals surface area contributed by atoms with Gasteiger partial charge in [0, 0.05) is 24.2 Å². The van der Waals surface area contributed by atoms with Crippen molar-refractivity contribution in [1.82, 2.24) is 10.2 Å². The van der Waals surface area contributed by atoms with Crippen LogP contribution in [-0.4, -0.2) is 31.6 Å². The lowest BCUT2D eigenvalue weighted by atomic mass is 9.96. The van der Waals surface area contributed by atoms with E-state index in [4.69, 9.17) is 11.6 Å². The molecule has 0 spiro atoms. The van der Waals surface area contributed by atoms with E-state index in [0.29, 0.717) is 6.04 Å². The molecule has 0 bridgehead atoms. The molecule has 1 aliphatic rings. The summed E-state index contributed by atoms with van der Waals surface area (Å²) in [7, 11) is 4.22. The summed E-state index contributed by atoms with van der Waals surface area (Å²) in [5.41, 5.74) is 2.78. The molecule has 1 atom stereocenters. The zero-order chi connectivity index (χ0) is 10.8. The Kier molecular flexibility index (Phi) is 3.29. The van der Waals surface area contributed by atoms with E-state index in [1.807, 2.05) is 6.07 Å². The number of likely N-dealkylation sites (N-methyl/N-ethyl adjacent to an activating group) is 1. The second-order valence-corrected chi connectivity index (χ2v) is 4.89. The highest BCUT2D eigenvalue weighted by atomic mass is 35.5. The van der Waals surface area contributed by atoms with Gasteiger partial charge in [-0.05, 0) is 43.8 Å². The van der Waals surface area contributed by atoms with Crippen molar-refractivity contribution in [3.05, 3.63) is 34.3 Å². The number of rotatable bonds is 2. The number of halogens is 1. The average Bonchev–Trinajstić information content (AvgIpc) is 2.17. The Hall–Kier alpha value is -0.570. The Labute approximate surface area is 96.2 Å². The predicted octanol–water partition coefficient (Wildman–Crippen LogP) is 1.92. The topological polar surface area (TPSA) is 15.3 Å². The molecule has 0 aromatic heterocycles. The first-order valence-electron chi connectivity index (χ1n) is 5.30. The summed E-state index contributed by atoms with van der Waals surface area (Å²) in [6.45, 7) is 2.02. The third-order valence-electron chi connectivity index (χ3n) is 2.80. The number of nitrogens with zero attached hydrogens (tertiary/aromatic N) is 1. The predicted molar refractivity (Wildman–Crippen MR) is 64.3 cm³/mol. The molecule has 1 unspecified atom stereocenters. The molecule has 1 heterocycles. The molecule has 0 saturated heterocycles. The van der Waals surface area contributed by atoms with Gasteiger partial charge in [-0.3, -0.25) is 0 Å². The first-order chi connectivity index (χ1) is 7.15. The largest absolute Gasteiger partial charge is 0.308 e. The van der Waals surface area contributed by atoms with Crippen LogP contribution in [0.1, 0.15) is 11.1 Å². The van der Waals surface area contributed by atoms with Crippen LogP contribution in [0.2, 0.25) is 5.02 Å². The van der Waals surface area contributed by atoms with Crippen molar-refractivity contribution in [1.29, 1.82) is 0 Å². The summed E-state index contributed by atoms with van der Waals surface area (Å²) in [6, 6.07) is 6.77. The molecular formula is C12H17ClN2. The van der Waals surface area contributed by atoms with Crippen molar-refractivity contribution in [2.45, 2.75) is 19.0 Å². The van der Waals surface area contributed by atoms with E-state index in [2.05, 4.69) is 36.4 Å². The molecule has 1 aliphatic heterocycles. The molecule has 3 heteroatoms. The van der Waals surface area contributed by atoms with Gasteiger partial charge in [0.2, 0.25) is 0 Å². The number of nitrogens with one attached hydrogen (secondary N) is 1. The van der Waals surface area contributed by atoms with Gasteiger partial charge in [-0.2, -0.15) is 0 Å². The van der Waals surface area contributed by atoms with E-state index in [1.165, 1.54) is 11.1 Å². The minimum Gasteiger partial charge on any atom is -0.308 e. The van der Waals surface area contributed by atoms with E-state index in [9.17, 15) is 0 Å². The van der Waals surface area contributed by atoms with Crippen LogP contribution < -0.4 is 5.32 Å². The minimum absolute atomic E-state index is 0.564. The van der Waals surface area contributed by atoms with Crippen LogP contribution >= 0.6 is 11.6 Å². The van der Waals surface area contributed by atoms with Crippen molar-refractivity contribution in [2.75, 3.05) is 20.6 Å². The number of fused-ring (bicyclic) bond motifs is 1. The lowest BCUT2D eigenvalue weighted by Gasteiger charge is -2.28. The van der Waals surface area contributed by atoms with E-state index in [0.717, 1.165) is 24.5 Å². The Bertz CT molecular complexity index is 349. The molecule has 1 aromatic rings. The van der Waals surface area contributed by atoms with Crippen molar-refractivity contribution in [3.8, 4) is 0 Å². The molecule has 0 amide bonds. The fraction of sp³-hybridized carbons (Fsp3) is 0.500. The van der Waals surface area contributed by atoms with E-state index >= 15 is 0 Å². The third-order valence-corrected chi connectivity index (χ3v) is 3.04. The zero-order valence-electron chi connectivity index (χ0n) is 9.26. The molecule has 0 radical (unpaired) electrons. The van der Waals surface area contributed by atoms with Crippen LogP contribution in [0, 0.1) is 0 Å². The molecule has 2 nitrogen and oxygen atoms in total. The Balaban J connectivity index is 2.10. The van der Waals surface area contributed by atoms with Gasteiger partial charge in [0.15, 0.2) is 0 Å². The smallest absolute Gasteiger partial charge is 0.0409 e. The van der Waals surface area contributed by atoms with Crippen LogP contribution in [0.4, 0.5) is 0 Å². The molecule has 15 heavy (non-hydrogen) atoms. The van der Waals surface area contributed by atoms with Crippen LogP contribution in [-0.2, 0) is 13.0 Å². The van der Waals surface area contributed by atoms with Crippen molar-refractivity contribution in [2.24, 2.45) is 0 Å². The lowest BCUT2D eigenvalue weighted by molar-refractivity contribution is 0.326. The number of hydrogen-bond acceptors (Lipinski definition) is 2. The second-order valence-electron chi connectivity index (χ2n) is 4.46. The van der Waals surface area contributed by atoms with Crippen LogP contribution in [0.15, 0.2) is 18.2 Å². The van der Waals surface area contributed by atoms with Gasteiger partial charge in [-0.25, -0.2) is 0 Å². The first-order valence-corrected chi connectivity index (χ1v) is 5.68. The second kappa shape index (κ2) is 4.52. The SMILES string of the molecule is CN(C)CC1Cc2ccc(Cl)cc2CN1. The average molecular weight is 225 g/mol. The summed E-state index contributed by atoms with van der Waals surface area (Å²) in [4.78, 5) is 2.22. The van der Waals surface area contributed by atoms with Gasteiger partial charge in [0.1, 0.15) is 0 Å². The monoisotopic (exact) mass is 224 g/mol. The molecule has 0 saturated carbocycles. The fourth-order valence-corrected chi connectivity index (χ4v) is 2.31. The van der Waals surface area contributed by atoms with Crippen LogP contribution in [0.3, 0.4) is 0 Å². The lowest BCUT2D eigenvalue weighted by Crippen LogP contribution is -2.42. The van der Waals surface area contributed by atoms with E-state index in [1.54, 1.807) is 0 Å². The van der Waals surface area contributed by atoms with Crippen molar-refractivity contribution >= 4 is 11.6 Å². The summed E-state index contributed by atoms with van der Waals surface area (Å²) < 4.78 is 0. The zero-order valence-corrected chi connectivity index (χ0v) is 10.0. The molecular weight excluding hydrogens is 208 g/mol. The van der Waals surface area contributed by atoms with Gasteiger partial charge >= 0.3 is 0 Å². The van der Waals surface area contributed by atoms with Crippen molar-refractivity contribution < 1.29 is 0 Å². The fourth-order valence-electron chi connectivity index (χ4n) is 2.12. The normalized spacial score (nSPS) is 20.4. The van der Waals surface area contributed by atoms with Gasteiger partial charge in [-0.15, -0.1) is 0 Å². The van der Waals surface area contributed by atoms with Crippen LogP contribution in [0.5, 0.6) is 0 Å². The summed E-state index contributed by atoms with van der Waals surface area (Å²) >= 11 is 5.96. The van der Waals surface area contributed by atoms with Crippen molar-refractivity contribution in [3.63, 3.8) is 0 Å². The standard InChI is InChI=1S/C12H17ClN2/c1-15(2)8-12-6-9-3-4-11(13)5-10(9)7-14-12/h3-5,12,14H,6-8H2,1-2H3. The molecule has 1 aromatic carbocycles. The number of benzene rings is 1.